The lowest BCUT2D eigenvalue weighted by Gasteiger charge is -2.38. The Morgan fingerprint density at radius 1 is 1.07 bits per heavy atom. The second-order valence-corrected chi connectivity index (χ2v) is 7.20. The van der Waals surface area contributed by atoms with Gasteiger partial charge < -0.3 is 15.1 Å². The van der Waals surface area contributed by atoms with Gasteiger partial charge in [0.2, 0.25) is 11.8 Å². The zero-order valence-electron chi connectivity index (χ0n) is 16.1. The highest BCUT2D eigenvalue weighted by molar-refractivity contribution is 6.10. The number of nitriles is 1. The molecule has 0 bridgehead atoms. The van der Waals surface area contributed by atoms with Crippen molar-refractivity contribution in [2.24, 2.45) is 5.41 Å². The van der Waals surface area contributed by atoms with Crippen molar-refractivity contribution in [3.8, 4) is 6.07 Å². The molecule has 1 aliphatic rings. The molecule has 7 heteroatoms. The fourth-order valence-corrected chi connectivity index (χ4v) is 3.14. The lowest BCUT2D eigenvalue weighted by molar-refractivity contribution is -0.146. The standard InChI is InChI=1S/C21H23N5O2/c1-21(2,19(27)24-17-8-4-3-7-16(17)15-22)20(28)26-13-11-25(12-14-26)18-9-5-6-10-23-18/h3-10H,11-14H2,1-2H3,(H,24,27). The molecule has 1 aliphatic heterocycles. The molecule has 1 aromatic heterocycles. The number of nitrogens with zero attached hydrogens (tertiary/aromatic N) is 4. The van der Waals surface area contributed by atoms with E-state index in [4.69, 9.17) is 0 Å². The third kappa shape index (κ3) is 3.96. The average Bonchev–Trinajstić information content (AvgIpc) is 2.74. The molecular formula is C21H23N5O2. The first kappa shape index (κ1) is 19.4. The van der Waals surface area contributed by atoms with Gasteiger partial charge in [0.25, 0.3) is 0 Å². The number of hydrogen-bond donors (Lipinski definition) is 1. The third-order valence-electron chi connectivity index (χ3n) is 4.94. The van der Waals surface area contributed by atoms with Gasteiger partial charge >= 0.3 is 0 Å². The maximum atomic E-state index is 13.0. The van der Waals surface area contributed by atoms with Gasteiger partial charge in [0.1, 0.15) is 17.3 Å². The normalized spacial score (nSPS) is 14.3. The summed E-state index contributed by atoms with van der Waals surface area (Å²) in [7, 11) is 0. The number of hydrogen-bond acceptors (Lipinski definition) is 5. The minimum Gasteiger partial charge on any atom is -0.353 e. The number of rotatable bonds is 4. The monoisotopic (exact) mass is 377 g/mol. The summed E-state index contributed by atoms with van der Waals surface area (Å²) in [6.07, 6.45) is 1.75. The Kier molecular flexibility index (Phi) is 5.59. The van der Waals surface area contributed by atoms with Crippen molar-refractivity contribution in [3.63, 3.8) is 0 Å². The Morgan fingerprint density at radius 3 is 2.39 bits per heavy atom. The lowest BCUT2D eigenvalue weighted by Crippen LogP contribution is -2.54. The second kappa shape index (κ2) is 8.09. The van der Waals surface area contributed by atoms with Gasteiger partial charge in [-0.1, -0.05) is 18.2 Å². The van der Waals surface area contributed by atoms with E-state index in [9.17, 15) is 14.9 Å². The smallest absolute Gasteiger partial charge is 0.239 e. The van der Waals surface area contributed by atoms with Crippen LogP contribution >= 0.6 is 0 Å². The van der Waals surface area contributed by atoms with Crippen molar-refractivity contribution in [3.05, 3.63) is 54.2 Å². The molecule has 3 rings (SSSR count). The number of amides is 2. The Balaban J connectivity index is 1.64. The number of pyridine rings is 1. The molecule has 7 nitrogen and oxygen atoms in total. The molecule has 144 valence electrons. The first-order valence-corrected chi connectivity index (χ1v) is 9.19. The summed E-state index contributed by atoms with van der Waals surface area (Å²) in [5, 5.41) is 11.9. The molecule has 1 saturated heterocycles. The SMILES string of the molecule is CC(C)(C(=O)Nc1ccccc1C#N)C(=O)N1CCN(c2ccccn2)CC1. The van der Waals surface area contributed by atoms with Crippen LogP contribution in [0.5, 0.6) is 0 Å². The van der Waals surface area contributed by atoms with Gasteiger partial charge in [0.05, 0.1) is 11.3 Å². The zero-order chi connectivity index (χ0) is 20.1. The molecular weight excluding hydrogens is 354 g/mol. The van der Waals surface area contributed by atoms with Crippen LogP contribution in [0.25, 0.3) is 0 Å². The summed E-state index contributed by atoms with van der Waals surface area (Å²) < 4.78 is 0. The maximum Gasteiger partial charge on any atom is 0.239 e. The van der Waals surface area contributed by atoms with E-state index in [0.717, 1.165) is 5.82 Å². The Morgan fingerprint density at radius 2 is 1.75 bits per heavy atom. The zero-order valence-corrected chi connectivity index (χ0v) is 16.1. The Hall–Kier alpha value is -3.40. The van der Waals surface area contributed by atoms with E-state index >= 15 is 0 Å². The van der Waals surface area contributed by atoms with E-state index in [1.165, 1.54) is 0 Å². The molecule has 2 heterocycles. The predicted molar refractivity (Wildman–Crippen MR) is 107 cm³/mol. The van der Waals surface area contributed by atoms with E-state index in [0.29, 0.717) is 37.4 Å². The highest BCUT2D eigenvalue weighted by Gasteiger charge is 2.40. The first-order valence-electron chi connectivity index (χ1n) is 9.19. The summed E-state index contributed by atoms with van der Waals surface area (Å²) in [6.45, 7) is 5.62. The molecule has 0 atom stereocenters. The minimum absolute atomic E-state index is 0.222. The highest BCUT2D eigenvalue weighted by Crippen LogP contribution is 2.24. The number of carbonyl (C=O) groups is 2. The van der Waals surface area contributed by atoms with E-state index < -0.39 is 11.3 Å². The molecule has 1 fully saturated rings. The largest absolute Gasteiger partial charge is 0.353 e. The summed E-state index contributed by atoms with van der Waals surface area (Å²) in [6, 6.07) is 14.5. The van der Waals surface area contributed by atoms with E-state index in [2.05, 4.69) is 15.2 Å². The minimum atomic E-state index is -1.24. The van der Waals surface area contributed by atoms with Crippen LogP contribution in [0, 0.1) is 16.7 Å². The number of anilines is 2. The van der Waals surface area contributed by atoms with Crippen molar-refractivity contribution in [2.75, 3.05) is 36.4 Å². The van der Waals surface area contributed by atoms with Crippen molar-refractivity contribution in [2.45, 2.75) is 13.8 Å². The van der Waals surface area contributed by atoms with E-state index in [-0.39, 0.29) is 5.91 Å². The van der Waals surface area contributed by atoms with Gasteiger partial charge in [-0.3, -0.25) is 9.59 Å². The van der Waals surface area contributed by atoms with Crippen LogP contribution in [0.15, 0.2) is 48.7 Å². The topological polar surface area (TPSA) is 89.3 Å². The van der Waals surface area contributed by atoms with Crippen LogP contribution in [-0.4, -0.2) is 47.9 Å². The van der Waals surface area contributed by atoms with Crippen molar-refractivity contribution >= 4 is 23.3 Å². The number of aromatic nitrogens is 1. The fourth-order valence-electron chi connectivity index (χ4n) is 3.14. The molecule has 28 heavy (non-hydrogen) atoms. The molecule has 0 aliphatic carbocycles. The maximum absolute atomic E-state index is 13.0. The quantitative estimate of drug-likeness (QED) is 0.826. The molecule has 2 amide bonds. The molecule has 0 spiro atoms. The summed E-state index contributed by atoms with van der Waals surface area (Å²) in [5.41, 5.74) is -0.464. The summed E-state index contributed by atoms with van der Waals surface area (Å²) >= 11 is 0. The van der Waals surface area contributed by atoms with Crippen LogP contribution in [0.2, 0.25) is 0 Å². The van der Waals surface area contributed by atoms with Gasteiger partial charge in [-0.15, -0.1) is 0 Å². The molecule has 0 radical (unpaired) electrons. The van der Waals surface area contributed by atoms with Crippen LogP contribution in [-0.2, 0) is 9.59 Å². The Labute approximate surface area is 164 Å². The van der Waals surface area contributed by atoms with Gasteiger partial charge in [0.15, 0.2) is 0 Å². The predicted octanol–water partition coefficient (Wildman–Crippen LogP) is 2.27. The highest BCUT2D eigenvalue weighted by atomic mass is 16.2. The van der Waals surface area contributed by atoms with Gasteiger partial charge in [-0.2, -0.15) is 5.26 Å². The number of nitrogens with one attached hydrogen (secondary N) is 1. The van der Waals surface area contributed by atoms with Crippen LogP contribution in [0.1, 0.15) is 19.4 Å². The molecule has 1 aromatic carbocycles. The van der Waals surface area contributed by atoms with Gasteiger partial charge in [-0.25, -0.2) is 4.98 Å². The van der Waals surface area contributed by atoms with Crippen LogP contribution in [0.4, 0.5) is 11.5 Å². The van der Waals surface area contributed by atoms with Crippen molar-refractivity contribution < 1.29 is 9.59 Å². The van der Waals surface area contributed by atoms with Gasteiger partial charge in [-0.05, 0) is 38.1 Å². The summed E-state index contributed by atoms with van der Waals surface area (Å²) in [4.78, 5) is 34.0. The first-order chi connectivity index (χ1) is 13.4. The number of carbonyl (C=O) groups excluding carboxylic acids is 2. The Bertz CT molecular complexity index is 897. The fraction of sp³-hybridized carbons (Fsp3) is 0.333. The number of para-hydroxylation sites is 1. The number of benzene rings is 1. The molecule has 0 saturated carbocycles. The molecule has 2 aromatic rings. The van der Waals surface area contributed by atoms with E-state index in [1.807, 2.05) is 24.3 Å². The van der Waals surface area contributed by atoms with Crippen LogP contribution < -0.4 is 10.2 Å². The van der Waals surface area contributed by atoms with Crippen LogP contribution in [0.3, 0.4) is 0 Å². The lowest BCUT2D eigenvalue weighted by atomic mass is 9.89. The number of piperazine rings is 1. The summed E-state index contributed by atoms with van der Waals surface area (Å²) in [5.74, 6) is 0.243. The van der Waals surface area contributed by atoms with Gasteiger partial charge in [0, 0.05) is 32.4 Å². The van der Waals surface area contributed by atoms with Crippen molar-refractivity contribution in [1.29, 1.82) is 5.26 Å². The molecule has 0 unspecified atom stereocenters. The second-order valence-electron chi connectivity index (χ2n) is 7.20. The van der Waals surface area contributed by atoms with Crippen molar-refractivity contribution in [1.82, 2.24) is 9.88 Å². The average molecular weight is 377 g/mol. The third-order valence-corrected chi connectivity index (χ3v) is 4.94. The molecule has 1 N–H and O–H groups in total. The van der Waals surface area contributed by atoms with E-state index in [1.54, 1.807) is 49.2 Å².